The highest BCUT2D eigenvalue weighted by atomic mass is 16.2. The fourth-order valence-corrected chi connectivity index (χ4v) is 2.81. The van der Waals surface area contributed by atoms with Gasteiger partial charge in [-0.2, -0.15) is 5.10 Å². The van der Waals surface area contributed by atoms with Gasteiger partial charge in [0.1, 0.15) is 6.54 Å². The normalized spacial score (nSPS) is 10.9. The summed E-state index contributed by atoms with van der Waals surface area (Å²) in [6.07, 6.45) is 2.62. The van der Waals surface area contributed by atoms with Crippen molar-refractivity contribution >= 4 is 16.8 Å². The molecule has 2 aromatic carbocycles. The van der Waals surface area contributed by atoms with E-state index in [1.54, 1.807) is 10.9 Å². The number of carbonyl (C=O) groups excluding carboxylic acids is 1. The molecule has 5 heteroatoms. The molecule has 0 saturated carbocycles. The van der Waals surface area contributed by atoms with Crippen LogP contribution in [0.3, 0.4) is 0 Å². The molecule has 0 aliphatic heterocycles. The summed E-state index contributed by atoms with van der Waals surface area (Å²) >= 11 is 0. The smallest absolute Gasteiger partial charge is 0.244 e. The van der Waals surface area contributed by atoms with Crippen LogP contribution in [0.15, 0.2) is 60.8 Å². The third-order valence-electron chi connectivity index (χ3n) is 4.10. The first-order valence-corrected chi connectivity index (χ1v) is 8.20. The minimum atomic E-state index is 0.0465. The Morgan fingerprint density at radius 2 is 1.79 bits per heavy atom. The number of aromatic nitrogens is 2. The summed E-state index contributed by atoms with van der Waals surface area (Å²) < 4.78 is 1.75. The molecule has 0 unspecified atom stereocenters. The first-order chi connectivity index (χ1) is 11.8. The number of hydrogen-bond donors (Lipinski definition) is 1. The Hall–Kier alpha value is -2.66. The van der Waals surface area contributed by atoms with Crippen LogP contribution in [0.5, 0.6) is 0 Å². The summed E-state index contributed by atoms with van der Waals surface area (Å²) in [4.78, 5) is 14.5. The zero-order valence-corrected chi connectivity index (χ0v) is 13.6. The quantitative estimate of drug-likeness (QED) is 0.724. The molecule has 0 atom stereocenters. The van der Waals surface area contributed by atoms with Gasteiger partial charge in [0.2, 0.25) is 5.91 Å². The van der Waals surface area contributed by atoms with Crippen molar-refractivity contribution in [3.8, 4) is 0 Å². The maximum absolute atomic E-state index is 12.7. The predicted octanol–water partition coefficient (Wildman–Crippen LogP) is 2.07. The molecule has 5 nitrogen and oxygen atoms in total. The average Bonchev–Trinajstić information content (AvgIpc) is 3.02. The monoisotopic (exact) mass is 322 g/mol. The molecule has 24 heavy (non-hydrogen) atoms. The lowest BCUT2D eigenvalue weighted by Crippen LogP contribution is -2.39. The molecule has 0 aliphatic rings. The zero-order valence-electron chi connectivity index (χ0n) is 13.6. The fourth-order valence-electron chi connectivity index (χ4n) is 2.81. The summed E-state index contributed by atoms with van der Waals surface area (Å²) in [6.45, 7) is 1.92. The lowest BCUT2D eigenvalue weighted by Gasteiger charge is -2.22. The van der Waals surface area contributed by atoms with E-state index in [2.05, 4.69) is 17.2 Å². The van der Waals surface area contributed by atoms with Gasteiger partial charge in [-0.05, 0) is 18.1 Å². The summed E-state index contributed by atoms with van der Waals surface area (Å²) in [7, 11) is 0. The van der Waals surface area contributed by atoms with Gasteiger partial charge >= 0.3 is 0 Å². The second-order valence-electron chi connectivity index (χ2n) is 5.77. The molecule has 1 aromatic heterocycles. The molecule has 0 fully saturated rings. The van der Waals surface area contributed by atoms with Gasteiger partial charge in [-0.1, -0.05) is 48.5 Å². The Morgan fingerprint density at radius 3 is 2.58 bits per heavy atom. The molecule has 3 rings (SSSR count). The largest absolute Gasteiger partial charge is 0.339 e. The molecule has 2 N–H and O–H groups in total. The van der Waals surface area contributed by atoms with E-state index in [1.807, 2.05) is 47.4 Å². The fraction of sp³-hybridized carbons (Fsp3) is 0.263. The number of hydrogen-bond acceptors (Lipinski definition) is 3. The minimum absolute atomic E-state index is 0.0465. The number of amides is 1. The van der Waals surface area contributed by atoms with E-state index in [-0.39, 0.29) is 12.5 Å². The first kappa shape index (κ1) is 16.2. The van der Waals surface area contributed by atoms with E-state index in [0.29, 0.717) is 19.6 Å². The number of benzene rings is 2. The van der Waals surface area contributed by atoms with Crippen molar-refractivity contribution in [2.45, 2.75) is 13.0 Å². The summed E-state index contributed by atoms with van der Waals surface area (Å²) in [5.41, 5.74) is 7.88. The molecule has 1 heterocycles. The number of nitrogens with zero attached hydrogens (tertiary/aromatic N) is 3. The maximum Gasteiger partial charge on any atom is 0.244 e. The van der Waals surface area contributed by atoms with Gasteiger partial charge in [0.15, 0.2) is 0 Å². The van der Waals surface area contributed by atoms with E-state index in [1.165, 1.54) is 5.56 Å². The van der Waals surface area contributed by atoms with E-state index in [0.717, 1.165) is 17.3 Å². The standard InChI is InChI=1S/C19H22N4O/c20-11-13-22(12-10-16-6-2-1-3-7-16)19(24)15-23-18-9-5-4-8-17(18)14-21-23/h1-9,14H,10-13,15,20H2. The Kier molecular flexibility index (Phi) is 5.23. The van der Waals surface area contributed by atoms with Crippen molar-refractivity contribution in [1.29, 1.82) is 0 Å². The molecular weight excluding hydrogens is 300 g/mol. The van der Waals surface area contributed by atoms with E-state index < -0.39 is 0 Å². The Balaban J connectivity index is 1.67. The lowest BCUT2D eigenvalue weighted by molar-refractivity contribution is -0.131. The number of fused-ring (bicyclic) bond motifs is 1. The molecule has 0 bridgehead atoms. The van der Waals surface area contributed by atoms with Crippen molar-refractivity contribution < 1.29 is 4.79 Å². The average molecular weight is 322 g/mol. The van der Waals surface area contributed by atoms with Crippen molar-refractivity contribution in [1.82, 2.24) is 14.7 Å². The van der Waals surface area contributed by atoms with Crippen LogP contribution >= 0.6 is 0 Å². The van der Waals surface area contributed by atoms with Gasteiger partial charge in [-0.15, -0.1) is 0 Å². The summed E-state index contributed by atoms with van der Waals surface area (Å²) in [5.74, 6) is 0.0465. The van der Waals surface area contributed by atoms with Gasteiger partial charge in [0, 0.05) is 25.0 Å². The number of nitrogens with two attached hydrogens (primary N) is 1. The Labute approximate surface area is 141 Å². The van der Waals surface area contributed by atoms with Crippen LogP contribution in [0, 0.1) is 0 Å². The van der Waals surface area contributed by atoms with Crippen LogP contribution in [0.25, 0.3) is 10.9 Å². The molecule has 0 saturated heterocycles. The summed E-state index contributed by atoms with van der Waals surface area (Å²) in [6, 6.07) is 18.1. The van der Waals surface area contributed by atoms with Gasteiger partial charge in [-0.25, -0.2) is 0 Å². The topological polar surface area (TPSA) is 64.2 Å². The van der Waals surface area contributed by atoms with Crippen LogP contribution < -0.4 is 5.73 Å². The lowest BCUT2D eigenvalue weighted by atomic mass is 10.1. The number of rotatable bonds is 7. The van der Waals surface area contributed by atoms with Crippen LogP contribution in [0.4, 0.5) is 0 Å². The number of para-hydroxylation sites is 1. The van der Waals surface area contributed by atoms with Crippen molar-refractivity contribution in [2.24, 2.45) is 5.73 Å². The van der Waals surface area contributed by atoms with Gasteiger partial charge in [0.05, 0.1) is 11.7 Å². The van der Waals surface area contributed by atoms with E-state index in [4.69, 9.17) is 5.73 Å². The second-order valence-corrected chi connectivity index (χ2v) is 5.77. The SMILES string of the molecule is NCCN(CCc1ccccc1)C(=O)Cn1ncc2ccccc21. The highest BCUT2D eigenvalue weighted by Gasteiger charge is 2.15. The van der Waals surface area contributed by atoms with Crippen LogP contribution in [0.1, 0.15) is 5.56 Å². The maximum atomic E-state index is 12.7. The summed E-state index contributed by atoms with van der Waals surface area (Å²) in [5, 5.41) is 5.38. The Bertz CT molecular complexity index is 797. The molecule has 124 valence electrons. The highest BCUT2D eigenvalue weighted by molar-refractivity contribution is 5.82. The molecule has 0 aliphatic carbocycles. The van der Waals surface area contributed by atoms with E-state index >= 15 is 0 Å². The minimum Gasteiger partial charge on any atom is -0.339 e. The van der Waals surface area contributed by atoms with Gasteiger partial charge in [0.25, 0.3) is 0 Å². The molecular formula is C19H22N4O. The third-order valence-corrected chi connectivity index (χ3v) is 4.10. The van der Waals surface area contributed by atoms with Crippen LogP contribution in [0.2, 0.25) is 0 Å². The molecule has 3 aromatic rings. The van der Waals surface area contributed by atoms with Crippen molar-refractivity contribution in [3.05, 3.63) is 66.4 Å². The van der Waals surface area contributed by atoms with E-state index in [9.17, 15) is 4.79 Å². The molecule has 1 amide bonds. The molecule has 0 radical (unpaired) electrons. The zero-order chi connectivity index (χ0) is 16.8. The van der Waals surface area contributed by atoms with Crippen molar-refractivity contribution in [2.75, 3.05) is 19.6 Å². The first-order valence-electron chi connectivity index (χ1n) is 8.20. The van der Waals surface area contributed by atoms with Gasteiger partial charge in [-0.3, -0.25) is 9.48 Å². The Morgan fingerprint density at radius 1 is 1.04 bits per heavy atom. The number of carbonyl (C=O) groups is 1. The predicted molar refractivity (Wildman–Crippen MR) is 95.5 cm³/mol. The molecule has 0 spiro atoms. The van der Waals surface area contributed by atoms with Crippen LogP contribution in [-0.4, -0.2) is 40.2 Å². The van der Waals surface area contributed by atoms with Gasteiger partial charge < -0.3 is 10.6 Å². The van der Waals surface area contributed by atoms with Crippen molar-refractivity contribution in [3.63, 3.8) is 0 Å². The third kappa shape index (κ3) is 3.81. The second kappa shape index (κ2) is 7.75. The van der Waals surface area contributed by atoms with Crippen LogP contribution in [-0.2, 0) is 17.8 Å². The highest BCUT2D eigenvalue weighted by Crippen LogP contribution is 2.13.